The second-order valence-electron chi connectivity index (χ2n) is 8.65. The van der Waals surface area contributed by atoms with Crippen molar-refractivity contribution in [3.63, 3.8) is 0 Å². The molecule has 4 nitrogen and oxygen atoms in total. The fraction of sp³-hybridized carbons (Fsp3) is 0.310. The highest BCUT2D eigenvalue weighted by Crippen LogP contribution is 2.19. The number of thioether (sulfide) groups is 1. The van der Waals surface area contributed by atoms with Crippen molar-refractivity contribution in [2.24, 2.45) is 0 Å². The Labute approximate surface area is 218 Å². The SMILES string of the molecule is CC[C@H](C)NC(=O)[C@H](Cc1ccccc1)N(Cc1ccc(Cl)cc1)C(=O)CSCc1ccccc1. The third-order valence-corrected chi connectivity index (χ3v) is 7.12. The Bertz CT molecular complexity index is 1060. The van der Waals surface area contributed by atoms with E-state index in [2.05, 4.69) is 17.4 Å². The third kappa shape index (κ3) is 8.75. The lowest BCUT2D eigenvalue weighted by atomic mass is 10.0. The molecule has 3 aromatic rings. The normalized spacial score (nSPS) is 12.5. The van der Waals surface area contributed by atoms with E-state index in [1.165, 1.54) is 5.56 Å². The Balaban J connectivity index is 1.85. The molecule has 1 N–H and O–H groups in total. The lowest BCUT2D eigenvalue weighted by Crippen LogP contribution is -2.52. The Morgan fingerprint density at radius 1 is 0.886 bits per heavy atom. The van der Waals surface area contributed by atoms with Crippen molar-refractivity contribution in [2.75, 3.05) is 5.75 Å². The molecule has 0 spiro atoms. The number of hydrogen-bond acceptors (Lipinski definition) is 3. The van der Waals surface area contributed by atoms with E-state index >= 15 is 0 Å². The highest BCUT2D eigenvalue weighted by Gasteiger charge is 2.30. The maximum absolute atomic E-state index is 13.6. The van der Waals surface area contributed by atoms with E-state index in [-0.39, 0.29) is 17.9 Å². The second kappa shape index (κ2) is 14.0. The van der Waals surface area contributed by atoms with Crippen LogP contribution in [0.5, 0.6) is 0 Å². The average Bonchev–Trinajstić information content (AvgIpc) is 2.88. The van der Waals surface area contributed by atoms with Crippen LogP contribution in [0.2, 0.25) is 5.02 Å². The summed E-state index contributed by atoms with van der Waals surface area (Å²) in [4.78, 5) is 28.8. The first-order valence-corrected chi connectivity index (χ1v) is 13.5. The van der Waals surface area contributed by atoms with E-state index in [0.29, 0.717) is 23.7 Å². The predicted molar refractivity (Wildman–Crippen MR) is 146 cm³/mol. The Morgan fingerprint density at radius 2 is 1.49 bits per heavy atom. The van der Waals surface area contributed by atoms with Crippen molar-refractivity contribution in [1.82, 2.24) is 10.2 Å². The second-order valence-corrected chi connectivity index (χ2v) is 10.1. The van der Waals surface area contributed by atoms with Crippen LogP contribution in [0.3, 0.4) is 0 Å². The van der Waals surface area contributed by atoms with Gasteiger partial charge >= 0.3 is 0 Å². The van der Waals surface area contributed by atoms with Gasteiger partial charge in [-0.3, -0.25) is 9.59 Å². The van der Waals surface area contributed by atoms with Crippen LogP contribution in [0.1, 0.15) is 37.0 Å². The number of halogens is 1. The van der Waals surface area contributed by atoms with Gasteiger partial charge in [0.15, 0.2) is 0 Å². The number of hydrogen-bond donors (Lipinski definition) is 1. The lowest BCUT2D eigenvalue weighted by Gasteiger charge is -2.32. The fourth-order valence-corrected chi connectivity index (χ4v) is 4.69. The largest absolute Gasteiger partial charge is 0.352 e. The zero-order valence-corrected chi connectivity index (χ0v) is 21.9. The molecule has 6 heteroatoms. The minimum Gasteiger partial charge on any atom is -0.352 e. The van der Waals surface area contributed by atoms with Crippen LogP contribution in [0.15, 0.2) is 84.9 Å². The van der Waals surface area contributed by atoms with Crippen molar-refractivity contribution in [2.45, 2.75) is 51.1 Å². The van der Waals surface area contributed by atoms with Crippen LogP contribution in [0.4, 0.5) is 0 Å². The molecule has 0 aliphatic heterocycles. The van der Waals surface area contributed by atoms with Crippen LogP contribution in [-0.4, -0.2) is 34.6 Å². The van der Waals surface area contributed by atoms with Gasteiger partial charge in [-0.15, -0.1) is 11.8 Å². The van der Waals surface area contributed by atoms with Crippen molar-refractivity contribution < 1.29 is 9.59 Å². The van der Waals surface area contributed by atoms with E-state index in [4.69, 9.17) is 11.6 Å². The summed E-state index contributed by atoms with van der Waals surface area (Å²) in [5.41, 5.74) is 3.12. The Morgan fingerprint density at radius 3 is 2.09 bits per heavy atom. The van der Waals surface area contributed by atoms with Crippen molar-refractivity contribution in [1.29, 1.82) is 0 Å². The first kappa shape index (κ1) is 26.8. The number of amides is 2. The number of nitrogens with one attached hydrogen (secondary N) is 1. The van der Waals surface area contributed by atoms with Gasteiger partial charge in [-0.1, -0.05) is 91.3 Å². The van der Waals surface area contributed by atoms with Crippen LogP contribution in [-0.2, 0) is 28.3 Å². The van der Waals surface area contributed by atoms with Crippen molar-refractivity contribution in [3.05, 3.63) is 107 Å². The quantitative estimate of drug-likeness (QED) is 0.320. The summed E-state index contributed by atoms with van der Waals surface area (Å²) < 4.78 is 0. The molecule has 3 aromatic carbocycles. The van der Waals surface area contributed by atoms with Gasteiger partial charge in [0.2, 0.25) is 11.8 Å². The topological polar surface area (TPSA) is 49.4 Å². The van der Waals surface area contributed by atoms with Gasteiger partial charge in [-0.2, -0.15) is 0 Å². The maximum atomic E-state index is 13.6. The lowest BCUT2D eigenvalue weighted by molar-refractivity contribution is -0.139. The molecule has 0 bridgehead atoms. The standard InChI is InChI=1S/C29H33ClN2O2S/c1-3-22(2)31-29(34)27(18-23-10-6-4-7-11-23)32(19-24-14-16-26(30)17-15-24)28(33)21-35-20-25-12-8-5-9-13-25/h4-17,22,27H,3,18-21H2,1-2H3,(H,31,34)/t22-,27-/m0/s1. The molecule has 0 saturated carbocycles. The van der Waals surface area contributed by atoms with Gasteiger partial charge in [0, 0.05) is 29.8 Å². The predicted octanol–water partition coefficient (Wildman–Crippen LogP) is 6.13. The molecule has 0 heterocycles. The first-order valence-electron chi connectivity index (χ1n) is 12.0. The van der Waals surface area contributed by atoms with Gasteiger partial charge in [-0.05, 0) is 42.2 Å². The average molecular weight is 509 g/mol. The van der Waals surface area contributed by atoms with E-state index in [0.717, 1.165) is 23.3 Å². The van der Waals surface area contributed by atoms with Crippen molar-refractivity contribution >= 4 is 35.2 Å². The van der Waals surface area contributed by atoms with Crippen molar-refractivity contribution in [3.8, 4) is 0 Å². The van der Waals surface area contributed by atoms with Gasteiger partial charge in [0.05, 0.1) is 5.75 Å². The molecule has 0 aliphatic carbocycles. The minimum absolute atomic E-state index is 0.0284. The highest BCUT2D eigenvalue weighted by atomic mass is 35.5. The molecule has 0 aliphatic rings. The Hall–Kier alpha value is -2.76. The monoisotopic (exact) mass is 508 g/mol. The molecule has 0 aromatic heterocycles. The molecular weight excluding hydrogens is 476 g/mol. The summed E-state index contributed by atoms with van der Waals surface area (Å²) in [6.07, 6.45) is 1.27. The summed E-state index contributed by atoms with van der Waals surface area (Å²) in [5.74, 6) is 0.855. The summed E-state index contributed by atoms with van der Waals surface area (Å²) in [6, 6.07) is 26.8. The number of carbonyl (C=O) groups excluding carboxylic acids is 2. The molecule has 0 radical (unpaired) electrons. The fourth-order valence-electron chi connectivity index (χ4n) is 3.69. The molecule has 2 atom stereocenters. The van der Waals surface area contributed by atoms with E-state index in [9.17, 15) is 9.59 Å². The molecule has 35 heavy (non-hydrogen) atoms. The van der Waals surface area contributed by atoms with Gasteiger partial charge in [0.25, 0.3) is 0 Å². The van der Waals surface area contributed by atoms with Crippen LogP contribution < -0.4 is 5.32 Å². The summed E-state index contributed by atoms with van der Waals surface area (Å²) in [7, 11) is 0. The zero-order valence-electron chi connectivity index (χ0n) is 20.3. The van der Waals surface area contributed by atoms with Crippen LogP contribution >= 0.6 is 23.4 Å². The molecule has 0 saturated heterocycles. The maximum Gasteiger partial charge on any atom is 0.243 e. The molecule has 184 valence electrons. The molecule has 0 fully saturated rings. The molecule has 0 unspecified atom stereocenters. The van der Waals surface area contributed by atoms with Crippen LogP contribution in [0.25, 0.3) is 0 Å². The highest BCUT2D eigenvalue weighted by molar-refractivity contribution is 7.99. The number of rotatable bonds is 12. The number of carbonyl (C=O) groups is 2. The molecule has 2 amide bonds. The summed E-state index contributed by atoms with van der Waals surface area (Å²) in [5, 5.41) is 3.74. The molecule has 3 rings (SSSR count). The Kier molecular flexibility index (Phi) is 10.7. The van der Waals surface area contributed by atoms with Gasteiger partial charge in [0.1, 0.15) is 6.04 Å². The smallest absolute Gasteiger partial charge is 0.243 e. The summed E-state index contributed by atoms with van der Waals surface area (Å²) >= 11 is 7.65. The van der Waals surface area contributed by atoms with Crippen LogP contribution in [0, 0.1) is 0 Å². The van der Waals surface area contributed by atoms with E-state index < -0.39 is 6.04 Å². The first-order chi connectivity index (χ1) is 17.0. The molecular formula is C29H33ClN2O2S. The summed E-state index contributed by atoms with van der Waals surface area (Å²) in [6.45, 7) is 4.36. The third-order valence-electron chi connectivity index (χ3n) is 5.88. The minimum atomic E-state index is -0.619. The number of nitrogens with zero attached hydrogens (tertiary/aromatic N) is 1. The van der Waals surface area contributed by atoms with Gasteiger partial charge < -0.3 is 10.2 Å². The zero-order chi connectivity index (χ0) is 25.0. The number of benzene rings is 3. The van der Waals surface area contributed by atoms with E-state index in [1.54, 1.807) is 16.7 Å². The van der Waals surface area contributed by atoms with Gasteiger partial charge in [-0.25, -0.2) is 0 Å². The van der Waals surface area contributed by atoms with E-state index in [1.807, 2.05) is 86.6 Å².